The molecule has 144 valence electrons. The summed E-state index contributed by atoms with van der Waals surface area (Å²) in [5, 5.41) is 13.7. The maximum atomic E-state index is 13.6. The summed E-state index contributed by atoms with van der Waals surface area (Å²) >= 11 is 2.74. The molecule has 0 radical (unpaired) electrons. The molecule has 2 N–H and O–H groups in total. The van der Waals surface area contributed by atoms with Gasteiger partial charge in [0.25, 0.3) is 0 Å². The highest BCUT2D eigenvalue weighted by atomic mass is 32.2. The minimum absolute atomic E-state index is 0.0484. The van der Waals surface area contributed by atoms with Crippen molar-refractivity contribution >= 4 is 40.7 Å². The third kappa shape index (κ3) is 4.78. The average Bonchev–Trinajstić information content (AvgIpc) is 3.24. The van der Waals surface area contributed by atoms with Crippen LogP contribution in [0.3, 0.4) is 0 Å². The Balaban J connectivity index is 1.52. The maximum absolute atomic E-state index is 13.6. The van der Waals surface area contributed by atoms with E-state index in [1.54, 1.807) is 13.0 Å². The summed E-state index contributed by atoms with van der Waals surface area (Å²) in [5.74, 6) is -0.524. The van der Waals surface area contributed by atoms with Crippen LogP contribution in [0, 0.1) is 12.7 Å². The number of carbonyl (C=O) groups excluding carboxylic acids is 1. The second-order valence-electron chi connectivity index (χ2n) is 6.23. The van der Waals surface area contributed by atoms with E-state index in [4.69, 9.17) is 5.11 Å². The zero-order valence-electron chi connectivity index (χ0n) is 14.8. The van der Waals surface area contributed by atoms with Gasteiger partial charge < -0.3 is 15.3 Å². The number of carboxylic acid groups (broad SMARTS) is 1. The zero-order valence-corrected chi connectivity index (χ0v) is 16.4. The fraction of sp³-hybridized carbons (Fsp3) is 0.389. The maximum Gasteiger partial charge on any atom is 0.355 e. The first-order valence-electron chi connectivity index (χ1n) is 8.56. The second-order valence-corrected chi connectivity index (χ2v) is 8.43. The number of carboxylic acids is 1. The Morgan fingerprint density at radius 3 is 3.07 bits per heavy atom. The number of anilines is 1. The number of carbonyl (C=O) groups is 2. The van der Waals surface area contributed by atoms with Gasteiger partial charge >= 0.3 is 5.97 Å². The minimum Gasteiger partial charge on any atom is -0.476 e. The van der Waals surface area contributed by atoms with Gasteiger partial charge in [0.1, 0.15) is 5.82 Å². The lowest BCUT2D eigenvalue weighted by Crippen LogP contribution is -2.39. The molecule has 9 heteroatoms. The van der Waals surface area contributed by atoms with Crippen LogP contribution < -0.4 is 5.32 Å². The van der Waals surface area contributed by atoms with Crippen LogP contribution in [0.1, 0.15) is 28.9 Å². The number of hydrogen-bond donors (Lipinski definition) is 2. The summed E-state index contributed by atoms with van der Waals surface area (Å²) in [6.45, 7) is 2.87. The molecule has 2 aromatic rings. The Morgan fingerprint density at radius 1 is 1.52 bits per heavy atom. The molecule has 6 nitrogen and oxygen atoms in total. The van der Waals surface area contributed by atoms with Gasteiger partial charge in [0, 0.05) is 47.9 Å². The van der Waals surface area contributed by atoms with Crippen LogP contribution in [0.25, 0.3) is 0 Å². The third-order valence-corrected chi connectivity index (χ3v) is 6.51. The van der Waals surface area contributed by atoms with Crippen molar-refractivity contribution in [3.05, 3.63) is 40.7 Å². The topological polar surface area (TPSA) is 82.5 Å². The standard InChI is InChI=1S/C18H20FN3O3S2/c1-11-13(19)3-2-4-14(11)20-9-12-5-6-16(23)22(12)7-8-26-18-21-15(10-27-18)17(24)25/h2-4,10,12,20H,5-9H2,1H3,(H,24,25). The number of thioether (sulfide) groups is 1. The number of thiazole rings is 1. The molecule has 1 aliphatic heterocycles. The first kappa shape index (κ1) is 19.6. The Bertz CT molecular complexity index is 843. The van der Waals surface area contributed by atoms with Gasteiger partial charge in [0.05, 0.1) is 0 Å². The molecular weight excluding hydrogens is 389 g/mol. The van der Waals surface area contributed by atoms with Crippen LogP contribution in [-0.4, -0.2) is 51.8 Å². The van der Waals surface area contributed by atoms with Crippen molar-refractivity contribution in [2.24, 2.45) is 0 Å². The van der Waals surface area contributed by atoms with Gasteiger partial charge in [-0.15, -0.1) is 11.3 Å². The molecule has 1 aliphatic rings. The zero-order chi connectivity index (χ0) is 19.4. The van der Waals surface area contributed by atoms with Crippen LogP contribution >= 0.6 is 23.1 Å². The summed E-state index contributed by atoms with van der Waals surface area (Å²) in [4.78, 5) is 28.9. The highest BCUT2D eigenvalue weighted by molar-refractivity contribution is 8.01. The summed E-state index contributed by atoms with van der Waals surface area (Å²) < 4.78 is 14.3. The summed E-state index contributed by atoms with van der Waals surface area (Å²) in [6, 6.07) is 4.99. The first-order valence-corrected chi connectivity index (χ1v) is 10.4. The fourth-order valence-electron chi connectivity index (χ4n) is 2.99. The van der Waals surface area contributed by atoms with E-state index in [1.807, 2.05) is 11.0 Å². The van der Waals surface area contributed by atoms with Gasteiger partial charge in [-0.2, -0.15) is 0 Å². The minimum atomic E-state index is -1.04. The number of nitrogens with one attached hydrogen (secondary N) is 1. The molecule has 0 bridgehead atoms. The molecule has 1 saturated heterocycles. The number of rotatable bonds is 8. The average molecular weight is 410 g/mol. The lowest BCUT2D eigenvalue weighted by molar-refractivity contribution is -0.128. The van der Waals surface area contributed by atoms with Crippen molar-refractivity contribution in [2.75, 3.05) is 24.2 Å². The molecule has 1 unspecified atom stereocenters. The number of nitrogens with zero attached hydrogens (tertiary/aromatic N) is 2. The number of likely N-dealkylation sites (tertiary alicyclic amines) is 1. The number of halogens is 1. The van der Waals surface area contributed by atoms with Crippen LogP contribution in [0.2, 0.25) is 0 Å². The van der Waals surface area contributed by atoms with Gasteiger partial charge in [0.15, 0.2) is 10.0 Å². The van der Waals surface area contributed by atoms with E-state index in [0.29, 0.717) is 35.2 Å². The quantitative estimate of drug-likeness (QED) is 0.650. The van der Waals surface area contributed by atoms with Gasteiger partial charge in [0.2, 0.25) is 5.91 Å². The van der Waals surface area contributed by atoms with E-state index < -0.39 is 5.97 Å². The van der Waals surface area contributed by atoms with Crippen LogP contribution in [0.15, 0.2) is 27.9 Å². The van der Waals surface area contributed by atoms with Crippen molar-refractivity contribution in [2.45, 2.75) is 30.1 Å². The normalized spacial score (nSPS) is 16.7. The molecule has 1 amide bonds. The Kier molecular flexibility index (Phi) is 6.33. The number of amides is 1. The Morgan fingerprint density at radius 2 is 2.33 bits per heavy atom. The molecule has 1 aromatic heterocycles. The molecule has 3 rings (SSSR count). The number of aromatic carboxylic acids is 1. The number of benzene rings is 1. The molecule has 0 saturated carbocycles. The predicted molar refractivity (Wildman–Crippen MR) is 104 cm³/mol. The SMILES string of the molecule is Cc1c(F)cccc1NCC1CCC(=O)N1CCSc1nc(C(=O)O)cs1. The monoisotopic (exact) mass is 409 g/mol. The molecule has 0 spiro atoms. The van der Waals surface area contributed by atoms with Crippen molar-refractivity contribution in [1.82, 2.24) is 9.88 Å². The van der Waals surface area contributed by atoms with Crippen LogP contribution in [-0.2, 0) is 4.79 Å². The highest BCUT2D eigenvalue weighted by Crippen LogP contribution is 2.25. The summed E-state index contributed by atoms with van der Waals surface area (Å²) in [5.41, 5.74) is 1.36. The molecule has 2 heterocycles. The first-order chi connectivity index (χ1) is 13.0. The van der Waals surface area contributed by atoms with E-state index in [2.05, 4.69) is 10.3 Å². The fourth-order valence-corrected chi connectivity index (χ4v) is 4.80. The summed E-state index contributed by atoms with van der Waals surface area (Å²) in [6.07, 6.45) is 1.28. The van der Waals surface area contributed by atoms with Gasteiger partial charge in [-0.25, -0.2) is 14.2 Å². The van der Waals surface area contributed by atoms with E-state index >= 15 is 0 Å². The summed E-state index contributed by atoms with van der Waals surface area (Å²) in [7, 11) is 0. The van der Waals surface area contributed by atoms with E-state index in [0.717, 1.165) is 12.1 Å². The Hall–Kier alpha value is -2.13. The second kappa shape index (κ2) is 8.71. The van der Waals surface area contributed by atoms with Gasteiger partial charge in [-0.1, -0.05) is 17.8 Å². The van der Waals surface area contributed by atoms with Crippen molar-refractivity contribution in [3.63, 3.8) is 0 Å². The van der Waals surface area contributed by atoms with E-state index in [-0.39, 0.29) is 23.5 Å². The smallest absolute Gasteiger partial charge is 0.355 e. The molecule has 0 aliphatic carbocycles. The van der Waals surface area contributed by atoms with E-state index in [1.165, 1.54) is 34.5 Å². The lowest BCUT2D eigenvalue weighted by Gasteiger charge is -2.25. The molecule has 27 heavy (non-hydrogen) atoms. The molecule has 1 atom stereocenters. The molecular formula is C18H20FN3O3S2. The highest BCUT2D eigenvalue weighted by Gasteiger charge is 2.30. The molecule has 1 fully saturated rings. The lowest BCUT2D eigenvalue weighted by atomic mass is 10.1. The van der Waals surface area contributed by atoms with Gasteiger partial charge in [-0.05, 0) is 25.5 Å². The van der Waals surface area contributed by atoms with Crippen molar-refractivity contribution in [3.8, 4) is 0 Å². The number of hydrogen-bond acceptors (Lipinski definition) is 6. The van der Waals surface area contributed by atoms with Crippen LogP contribution in [0.5, 0.6) is 0 Å². The van der Waals surface area contributed by atoms with Crippen molar-refractivity contribution in [1.29, 1.82) is 0 Å². The Labute approximate surface area is 164 Å². The van der Waals surface area contributed by atoms with Crippen molar-refractivity contribution < 1.29 is 19.1 Å². The van der Waals surface area contributed by atoms with Crippen LogP contribution in [0.4, 0.5) is 10.1 Å². The predicted octanol–water partition coefficient (Wildman–Crippen LogP) is 3.48. The van der Waals surface area contributed by atoms with E-state index in [9.17, 15) is 14.0 Å². The molecule has 1 aromatic carbocycles. The van der Waals surface area contributed by atoms with Gasteiger partial charge in [-0.3, -0.25) is 4.79 Å². The largest absolute Gasteiger partial charge is 0.476 e. The third-order valence-electron chi connectivity index (χ3n) is 4.51. The number of aromatic nitrogens is 1.